The number of nitrogens with two attached hydrogens (primary N) is 1. The molecular formula is C14H22N2. The molecule has 2 rings (SSSR count). The molecule has 1 fully saturated rings. The van der Waals surface area contributed by atoms with Crippen molar-refractivity contribution in [3.8, 4) is 0 Å². The van der Waals surface area contributed by atoms with Crippen molar-refractivity contribution in [3.05, 3.63) is 35.9 Å². The summed E-state index contributed by atoms with van der Waals surface area (Å²) in [6.45, 7) is 1.48. The van der Waals surface area contributed by atoms with Gasteiger partial charge < -0.3 is 5.73 Å². The minimum atomic E-state index is -1.70. The molecule has 1 saturated heterocycles. The maximum atomic E-state index is 8.43. The average molecular weight is 221 g/mol. The van der Waals surface area contributed by atoms with E-state index in [1.165, 1.54) is 0 Å². The van der Waals surface area contributed by atoms with E-state index in [9.17, 15) is 0 Å². The molecule has 0 amide bonds. The molecule has 0 bridgehead atoms. The Labute approximate surface area is 103 Å². The Morgan fingerprint density at radius 1 is 1.50 bits per heavy atom. The molecule has 1 heterocycles. The lowest BCUT2D eigenvalue weighted by molar-refractivity contribution is 0.126. The van der Waals surface area contributed by atoms with Crippen molar-refractivity contribution in [2.45, 2.75) is 19.9 Å². The summed E-state index contributed by atoms with van der Waals surface area (Å²) >= 11 is 0. The van der Waals surface area contributed by atoms with E-state index in [1.54, 1.807) is 4.90 Å². The van der Waals surface area contributed by atoms with Gasteiger partial charge in [-0.05, 0) is 36.9 Å². The van der Waals surface area contributed by atoms with Gasteiger partial charge in [0.1, 0.15) is 0 Å². The minimum Gasteiger partial charge on any atom is -0.330 e. The smallest absolute Gasteiger partial charge is 0.0434 e. The molecule has 16 heavy (non-hydrogen) atoms. The molecule has 2 atom stereocenters. The summed E-state index contributed by atoms with van der Waals surface area (Å²) in [6.07, 6.45) is 0.813. The van der Waals surface area contributed by atoms with Gasteiger partial charge in [-0.2, -0.15) is 0 Å². The van der Waals surface area contributed by atoms with E-state index in [2.05, 4.69) is 0 Å². The Morgan fingerprint density at radius 3 is 2.94 bits per heavy atom. The van der Waals surface area contributed by atoms with Crippen molar-refractivity contribution in [2.24, 2.45) is 17.5 Å². The molecule has 1 aliphatic rings. The second-order valence-electron chi connectivity index (χ2n) is 4.44. The molecule has 2 unspecified atom stereocenters. The normalized spacial score (nSPS) is 37.4. The van der Waals surface area contributed by atoms with Crippen LogP contribution >= 0.6 is 0 Å². The Balaban J connectivity index is 2.22. The second kappa shape index (κ2) is 5.46. The van der Waals surface area contributed by atoms with Crippen LogP contribution in [0.25, 0.3) is 0 Å². The summed E-state index contributed by atoms with van der Waals surface area (Å²) in [7, 11) is 0. The Hall–Kier alpha value is -0.860. The maximum Gasteiger partial charge on any atom is 0.0434 e. The lowest BCUT2D eigenvalue weighted by Crippen LogP contribution is -2.42. The molecule has 2 nitrogen and oxygen atoms in total. The Morgan fingerprint density at radius 2 is 2.25 bits per heavy atom. The number of hydrogen-bond acceptors (Lipinski definition) is 2. The van der Waals surface area contributed by atoms with Crippen molar-refractivity contribution in [3.63, 3.8) is 0 Å². The van der Waals surface area contributed by atoms with E-state index in [-0.39, 0.29) is 12.5 Å². The van der Waals surface area contributed by atoms with Crippen LogP contribution in [0.1, 0.15) is 23.0 Å². The van der Waals surface area contributed by atoms with Crippen LogP contribution in [-0.4, -0.2) is 24.5 Å². The van der Waals surface area contributed by atoms with Crippen molar-refractivity contribution in [1.82, 2.24) is 4.90 Å². The molecule has 1 aromatic carbocycles. The topological polar surface area (TPSA) is 29.3 Å². The quantitative estimate of drug-likeness (QED) is 0.847. The standard InChI is InChI=1S/C14H22N2/c1-12-7-8-16(11-14(12)9-15)10-13-5-3-2-4-6-13/h2-6,12,14H,7-11,15H2,1H3/i11D2,14D. The molecule has 2 heteroatoms. The molecule has 2 N–H and O–H groups in total. The molecule has 0 saturated carbocycles. The van der Waals surface area contributed by atoms with Gasteiger partial charge in [-0.3, -0.25) is 4.90 Å². The highest BCUT2D eigenvalue weighted by Crippen LogP contribution is 2.23. The summed E-state index contributed by atoms with van der Waals surface area (Å²) in [4.78, 5) is 1.75. The van der Waals surface area contributed by atoms with Crippen LogP contribution in [0.4, 0.5) is 0 Å². The third-order valence-corrected chi connectivity index (χ3v) is 3.16. The van der Waals surface area contributed by atoms with Gasteiger partial charge in [0.2, 0.25) is 0 Å². The van der Waals surface area contributed by atoms with Gasteiger partial charge in [0, 0.05) is 17.2 Å². The van der Waals surface area contributed by atoms with Crippen molar-refractivity contribution in [2.75, 3.05) is 19.6 Å². The van der Waals surface area contributed by atoms with Gasteiger partial charge in [-0.25, -0.2) is 0 Å². The van der Waals surface area contributed by atoms with E-state index in [4.69, 9.17) is 9.85 Å². The Bertz CT molecular complexity index is 424. The van der Waals surface area contributed by atoms with E-state index in [0.29, 0.717) is 13.1 Å². The lowest BCUT2D eigenvalue weighted by Gasteiger charge is -2.36. The maximum absolute atomic E-state index is 8.43. The van der Waals surface area contributed by atoms with Crippen LogP contribution in [0.2, 0.25) is 0 Å². The number of likely N-dealkylation sites (tertiary alicyclic amines) is 1. The minimum absolute atomic E-state index is 0.0282. The van der Waals surface area contributed by atoms with Gasteiger partial charge in [0.25, 0.3) is 0 Å². The van der Waals surface area contributed by atoms with Gasteiger partial charge in [0.05, 0.1) is 0 Å². The summed E-state index contributed by atoms with van der Waals surface area (Å²) in [5, 5.41) is 0. The lowest BCUT2D eigenvalue weighted by atomic mass is 9.87. The number of benzene rings is 1. The van der Waals surface area contributed by atoms with E-state index < -0.39 is 12.4 Å². The van der Waals surface area contributed by atoms with E-state index >= 15 is 0 Å². The molecule has 0 radical (unpaired) electrons. The third-order valence-electron chi connectivity index (χ3n) is 3.16. The van der Waals surface area contributed by atoms with Crippen LogP contribution in [0.3, 0.4) is 0 Å². The zero-order valence-electron chi connectivity index (χ0n) is 12.8. The first-order valence-corrected chi connectivity index (χ1v) is 5.91. The SMILES string of the molecule is [2H]C1(CN)C(C)CCN(Cc2ccccc2)C1([2H])[2H]. The summed E-state index contributed by atoms with van der Waals surface area (Å²) < 4.78 is 25.1. The zero-order chi connectivity index (χ0) is 14.1. The zero-order valence-corrected chi connectivity index (χ0v) is 9.82. The van der Waals surface area contributed by atoms with Gasteiger partial charge in [-0.15, -0.1) is 0 Å². The molecule has 88 valence electrons. The fraction of sp³-hybridized carbons (Fsp3) is 0.571. The van der Waals surface area contributed by atoms with Crippen molar-refractivity contribution >= 4 is 0 Å². The number of rotatable bonds is 3. The van der Waals surface area contributed by atoms with Crippen LogP contribution in [0.15, 0.2) is 30.3 Å². The average Bonchev–Trinajstić information content (AvgIpc) is 2.41. The largest absolute Gasteiger partial charge is 0.330 e. The van der Waals surface area contributed by atoms with E-state index in [0.717, 1.165) is 12.0 Å². The van der Waals surface area contributed by atoms with Crippen LogP contribution in [0.5, 0.6) is 0 Å². The number of piperidine rings is 1. The van der Waals surface area contributed by atoms with Crippen LogP contribution in [-0.2, 0) is 6.54 Å². The monoisotopic (exact) mass is 221 g/mol. The first-order chi connectivity index (χ1) is 8.91. The molecule has 1 aliphatic heterocycles. The second-order valence-corrected chi connectivity index (χ2v) is 4.44. The van der Waals surface area contributed by atoms with Crippen molar-refractivity contribution < 1.29 is 4.11 Å². The molecule has 0 spiro atoms. The molecule has 1 aromatic rings. The van der Waals surface area contributed by atoms with Gasteiger partial charge in [0.15, 0.2) is 0 Å². The molecule has 0 aromatic heterocycles. The third kappa shape index (κ3) is 2.83. The number of hydrogen-bond donors (Lipinski definition) is 1. The number of nitrogens with zero attached hydrogens (tertiary/aromatic N) is 1. The van der Waals surface area contributed by atoms with E-state index in [1.807, 2.05) is 37.3 Å². The first-order valence-electron chi connectivity index (χ1n) is 7.41. The summed E-state index contributed by atoms with van der Waals surface area (Å²) in [5.74, 6) is -1.26. The van der Waals surface area contributed by atoms with Crippen LogP contribution in [0, 0.1) is 11.8 Å². The highest BCUT2D eigenvalue weighted by Gasteiger charge is 2.24. The molecule has 0 aliphatic carbocycles. The fourth-order valence-corrected chi connectivity index (χ4v) is 2.06. The molecular weight excluding hydrogens is 196 g/mol. The predicted octanol–water partition coefficient (Wildman–Crippen LogP) is 2.10. The summed E-state index contributed by atoms with van der Waals surface area (Å²) in [6, 6.07) is 9.83. The van der Waals surface area contributed by atoms with Crippen molar-refractivity contribution in [1.29, 1.82) is 0 Å². The Kier molecular flexibility index (Phi) is 2.82. The summed E-state index contributed by atoms with van der Waals surface area (Å²) in [5.41, 5.74) is 6.77. The van der Waals surface area contributed by atoms with Gasteiger partial charge >= 0.3 is 0 Å². The highest BCUT2D eigenvalue weighted by molar-refractivity contribution is 5.14. The first kappa shape index (κ1) is 8.26. The highest BCUT2D eigenvalue weighted by atomic mass is 15.1. The fourth-order valence-electron chi connectivity index (χ4n) is 2.06. The van der Waals surface area contributed by atoms with Gasteiger partial charge in [-0.1, -0.05) is 37.3 Å². The predicted molar refractivity (Wildman–Crippen MR) is 68.0 cm³/mol. The van der Waals surface area contributed by atoms with Crippen LogP contribution < -0.4 is 5.73 Å².